The number of hydrogen-bond donors (Lipinski definition) is 1. The molecule has 1 aliphatic heterocycles. The first-order valence-electron chi connectivity index (χ1n) is 4.24. The van der Waals surface area contributed by atoms with Gasteiger partial charge in [-0.1, -0.05) is 28.9 Å². The van der Waals surface area contributed by atoms with Crippen molar-refractivity contribution in [1.82, 2.24) is 5.32 Å². The monoisotopic (exact) mass is 231 g/mol. The Morgan fingerprint density at radius 2 is 2.50 bits per heavy atom. The van der Waals surface area contributed by atoms with Gasteiger partial charge >= 0.3 is 0 Å². The molecule has 2 nitrogen and oxygen atoms in total. The topological polar surface area (TPSA) is 29.1 Å². The van der Waals surface area contributed by atoms with Crippen molar-refractivity contribution in [2.75, 3.05) is 18.4 Å². The van der Waals surface area contributed by atoms with Crippen LogP contribution in [0.3, 0.4) is 0 Å². The van der Waals surface area contributed by atoms with Crippen LogP contribution < -0.4 is 5.32 Å². The molecule has 12 heavy (non-hydrogen) atoms. The largest absolute Gasteiger partial charge is 0.312 e. The molecular weight excluding hydrogens is 218 g/mol. The first kappa shape index (κ1) is 9.93. The average molecular weight is 232 g/mol. The van der Waals surface area contributed by atoms with Gasteiger partial charge in [0.2, 0.25) is 0 Å². The molecule has 0 saturated carbocycles. The van der Waals surface area contributed by atoms with Gasteiger partial charge in [-0.2, -0.15) is 0 Å². The number of allylic oxidation sites excluding steroid dienone is 1. The molecule has 0 aromatic heterocycles. The van der Waals surface area contributed by atoms with Crippen LogP contribution in [0.2, 0.25) is 0 Å². The molecule has 3 heteroatoms. The lowest BCUT2D eigenvalue weighted by Crippen LogP contribution is -2.30. The van der Waals surface area contributed by atoms with E-state index in [9.17, 15) is 4.79 Å². The van der Waals surface area contributed by atoms with Gasteiger partial charge in [0.1, 0.15) is 0 Å². The Morgan fingerprint density at radius 3 is 3.08 bits per heavy atom. The molecule has 1 saturated heterocycles. The molecule has 68 valence electrons. The molecule has 1 N–H and O–H groups in total. The maximum Gasteiger partial charge on any atom is 0.161 e. The summed E-state index contributed by atoms with van der Waals surface area (Å²) in [5.41, 5.74) is 0.952. The summed E-state index contributed by atoms with van der Waals surface area (Å²) in [7, 11) is 0. The van der Waals surface area contributed by atoms with Crippen molar-refractivity contribution in [3.8, 4) is 0 Å². The molecule has 0 bridgehead atoms. The summed E-state index contributed by atoms with van der Waals surface area (Å²) in [6.07, 6.45) is 2.71. The molecule has 1 atom stereocenters. The molecule has 0 radical (unpaired) electrons. The summed E-state index contributed by atoms with van der Waals surface area (Å²) in [5.74, 6) is 0.755. The van der Waals surface area contributed by atoms with Crippen LogP contribution in [0.4, 0.5) is 0 Å². The second-order valence-electron chi connectivity index (χ2n) is 3.17. The number of piperidine rings is 1. The fourth-order valence-corrected chi connectivity index (χ4v) is 1.41. The zero-order valence-corrected chi connectivity index (χ0v) is 8.86. The summed E-state index contributed by atoms with van der Waals surface area (Å²) in [4.78, 5) is 11.3. The summed E-state index contributed by atoms with van der Waals surface area (Å²) >= 11 is 3.39. The van der Waals surface area contributed by atoms with Crippen LogP contribution in [-0.2, 0) is 4.79 Å². The van der Waals surface area contributed by atoms with E-state index in [1.165, 1.54) is 0 Å². The van der Waals surface area contributed by atoms with Crippen molar-refractivity contribution < 1.29 is 4.79 Å². The van der Waals surface area contributed by atoms with E-state index in [-0.39, 0.29) is 0 Å². The van der Waals surface area contributed by atoms with E-state index in [1.54, 1.807) is 0 Å². The van der Waals surface area contributed by atoms with Gasteiger partial charge in [-0.25, -0.2) is 0 Å². The number of carbonyl (C=O) groups is 1. The Bertz CT molecular complexity index is 201. The van der Waals surface area contributed by atoms with Crippen LogP contribution in [0.1, 0.15) is 13.3 Å². The number of rotatable bonds is 2. The Hall–Kier alpha value is -0.150. The molecule has 0 aliphatic carbocycles. The summed E-state index contributed by atoms with van der Waals surface area (Å²) in [6.45, 7) is 3.68. The van der Waals surface area contributed by atoms with Crippen molar-refractivity contribution in [2.24, 2.45) is 5.92 Å². The zero-order chi connectivity index (χ0) is 8.97. The molecule has 1 rings (SSSR count). The number of halogens is 1. The number of ketones is 1. The Balaban J connectivity index is 2.58. The highest BCUT2D eigenvalue weighted by Gasteiger charge is 2.14. The quantitative estimate of drug-likeness (QED) is 0.577. The summed E-state index contributed by atoms with van der Waals surface area (Å²) < 4.78 is 0. The SMILES string of the molecule is CC(/C=C1/CNCCC1=O)CBr. The van der Waals surface area contributed by atoms with E-state index in [0.29, 0.717) is 18.1 Å². The highest BCUT2D eigenvalue weighted by molar-refractivity contribution is 9.09. The van der Waals surface area contributed by atoms with Gasteiger partial charge in [-0.3, -0.25) is 4.79 Å². The van der Waals surface area contributed by atoms with Crippen molar-refractivity contribution in [2.45, 2.75) is 13.3 Å². The summed E-state index contributed by atoms with van der Waals surface area (Å²) in [6, 6.07) is 0. The first-order chi connectivity index (χ1) is 5.74. The standard InChI is InChI=1S/C9H14BrNO/c1-7(5-10)4-8-6-11-3-2-9(8)12/h4,7,11H,2-3,5-6H2,1H3/b8-4-. The molecule has 0 amide bonds. The maximum absolute atomic E-state index is 11.3. The van der Waals surface area contributed by atoms with E-state index in [1.807, 2.05) is 0 Å². The third-order valence-electron chi connectivity index (χ3n) is 1.93. The molecular formula is C9H14BrNO. The van der Waals surface area contributed by atoms with Crippen LogP contribution in [0.15, 0.2) is 11.6 Å². The molecule has 1 aliphatic rings. The Morgan fingerprint density at radius 1 is 1.75 bits per heavy atom. The number of hydrogen-bond acceptors (Lipinski definition) is 2. The zero-order valence-electron chi connectivity index (χ0n) is 7.27. The molecule has 0 aromatic carbocycles. The maximum atomic E-state index is 11.3. The van der Waals surface area contributed by atoms with E-state index in [4.69, 9.17) is 0 Å². The van der Waals surface area contributed by atoms with Crippen molar-refractivity contribution in [1.29, 1.82) is 0 Å². The normalized spacial score (nSPS) is 24.5. The van der Waals surface area contributed by atoms with Crippen molar-refractivity contribution in [3.05, 3.63) is 11.6 Å². The minimum absolute atomic E-state index is 0.307. The minimum atomic E-state index is 0.307. The lowest BCUT2D eigenvalue weighted by molar-refractivity contribution is -0.116. The number of Topliss-reactive ketones (excluding diaryl/α,β-unsaturated/α-hetero) is 1. The smallest absolute Gasteiger partial charge is 0.161 e. The van der Waals surface area contributed by atoms with Crippen LogP contribution in [-0.4, -0.2) is 24.2 Å². The van der Waals surface area contributed by atoms with Crippen LogP contribution in [0.5, 0.6) is 0 Å². The number of alkyl halides is 1. The minimum Gasteiger partial charge on any atom is -0.312 e. The van der Waals surface area contributed by atoms with Gasteiger partial charge < -0.3 is 5.32 Å². The summed E-state index contributed by atoms with van der Waals surface area (Å²) in [5, 5.41) is 4.11. The van der Waals surface area contributed by atoms with Gasteiger partial charge in [0.15, 0.2) is 5.78 Å². The van der Waals surface area contributed by atoms with E-state index in [0.717, 1.165) is 24.0 Å². The third-order valence-corrected chi connectivity index (χ3v) is 2.95. The molecule has 0 aromatic rings. The average Bonchev–Trinajstić information content (AvgIpc) is 2.09. The van der Waals surface area contributed by atoms with Crippen LogP contribution in [0, 0.1) is 5.92 Å². The van der Waals surface area contributed by atoms with Crippen molar-refractivity contribution >= 4 is 21.7 Å². The third kappa shape index (κ3) is 2.72. The van der Waals surface area contributed by atoms with Crippen molar-refractivity contribution in [3.63, 3.8) is 0 Å². The van der Waals surface area contributed by atoms with Gasteiger partial charge in [-0.15, -0.1) is 0 Å². The van der Waals surface area contributed by atoms with E-state index >= 15 is 0 Å². The van der Waals surface area contributed by atoms with Gasteiger partial charge in [0, 0.05) is 30.4 Å². The molecule has 1 unspecified atom stereocenters. The molecule has 0 spiro atoms. The van der Waals surface area contributed by atoms with Crippen LogP contribution in [0.25, 0.3) is 0 Å². The highest BCUT2D eigenvalue weighted by Crippen LogP contribution is 2.10. The lowest BCUT2D eigenvalue weighted by Gasteiger charge is -2.15. The van der Waals surface area contributed by atoms with Crippen LogP contribution >= 0.6 is 15.9 Å². The Kier molecular flexibility index (Phi) is 3.95. The van der Waals surface area contributed by atoms with Gasteiger partial charge in [0.25, 0.3) is 0 Å². The van der Waals surface area contributed by atoms with E-state index in [2.05, 4.69) is 34.2 Å². The lowest BCUT2D eigenvalue weighted by atomic mass is 10.0. The van der Waals surface area contributed by atoms with Gasteiger partial charge in [-0.05, 0) is 5.92 Å². The first-order valence-corrected chi connectivity index (χ1v) is 5.36. The fourth-order valence-electron chi connectivity index (χ4n) is 1.22. The number of carbonyl (C=O) groups excluding carboxylic acids is 1. The van der Waals surface area contributed by atoms with E-state index < -0.39 is 0 Å². The molecule has 1 fully saturated rings. The highest BCUT2D eigenvalue weighted by atomic mass is 79.9. The number of nitrogens with one attached hydrogen (secondary N) is 1. The second kappa shape index (κ2) is 4.77. The fraction of sp³-hybridized carbons (Fsp3) is 0.667. The predicted octanol–water partition coefficient (Wildman–Crippen LogP) is 1.51. The predicted molar refractivity (Wildman–Crippen MR) is 53.5 cm³/mol. The van der Waals surface area contributed by atoms with Gasteiger partial charge in [0.05, 0.1) is 0 Å². The Labute approximate surface area is 81.5 Å². The molecule has 1 heterocycles. The second-order valence-corrected chi connectivity index (χ2v) is 3.82.